The third-order valence-corrected chi connectivity index (χ3v) is 5.27. The fourth-order valence-electron chi connectivity index (χ4n) is 3.22. The predicted octanol–water partition coefficient (Wildman–Crippen LogP) is 4.41. The summed E-state index contributed by atoms with van der Waals surface area (Å²) in [6.07, 6.45) is 1.77. The largest absolute Gasteiger partial charge is 0.353 e. The van der Waals surface area contributed by atoms with Crippen LogP contribution in [0.5, 0.6) is 0 Å². The summed E-state index contributed by atoms with van der Waals surface area (Å²) in [5, 5.41) is 0.896. The maximum atomic E-state index is 12.8. The third kappa shape index (κ3) is 3.96. The van der Waals surface area contributed by atoms with Crippen LogP contribution in [0.4, 0.5) is 5.82 Å². The van der Waals surface area contributed by atoms with E-state index in [-0.39, 0.29) is 5.91 Å². The maximum Gasteiger partial charge on any atom is 0.255 e. The van der Waals surface area contributed by atoms with Crippen molar-refractivity contribution in [3.63, 3.8) is 0 Å². The van der Waals surface area contributed by atoms with Gasteiger partial charge >= 0.3 is 0 Å². The lowest BCUT2D eigenvalue weighted by Gasteiger charge is -2.35. The Morgan fingerprint density at radius 3 is 2.39 bits per heavy atom. The molecule has 1 amide bonds. The zero-order chi connectivity index (χ0) is 19.5. The Morgan fingerprint density at radius 2 is 1.68 bits per heavy atom. The molecule has 2 heterocycles. The summed E-state index contributed by atoms with van der Waals surface area (Å²) in [7, 11) is 0. The van der Waals surface area contributed by atoms with Crippen molar-refractivity contribution in [2.45, 2.75) is 0 Å². The van der Waals surface area contributed by atoms with E-state index in [1.54, 1.807) is 24.4 Å². The van der Waals surface area contributed by atoms with Crippen LogP contribution in [-0.2, 0) is 0 Å². The van der Waals surface area contributed by atoms with Crippen LogP contribution in [0.2, 0.25) is 10.0 Å². The van der Waals surface area contributed by atoms with Gasteiger partial charge in [0, 0.05) is 43.0 Å². The molecule has 1 aromatic heterocycles. The number of nitrogens with zero attached hydrogens (tertiary/aromatic N) is 4. The van der Waals surface area contributed by atoms with E-state index in [1.165, 1.54) is 0 Å². The van der Waals surface area contributed by atoms with Crippen molar-refractivity contribution >= 4 is 34.9 Å². The van der Waals surface area contributed by atoms with E-state index in [2.05, 4.69) is 9.88 Å². The summed E-state index contributed by atoms with van der Waals surface area (Å²) in [4.78, 5) is 25.8. The van der Waals surface area contributed by atoms with Crippen LogP contribution in [0.3, 0.4) is 0 Å². The average Bonchev–Trinajstić information content (AvgIpc) is 2.74. The minimum absolute atomic E-state index is 0.0750. The lowest BCUT2D eigenvalue weighted by atomic mass is 10.1. The number of halogens is 2. The molecule has 0 radical (unpaired) electrons. The predicted molar refractivity (Wildman–Crippen MR) is 112 cm³/mol. The number of carbonyl (C=O) groups is 1. The molecule has 2 aromatic carbocycles. The Morgan fingerprint density at radius 1 is 0.929 bits per heavy atom. The van der Waals surface area contributed by atoms with Crippen LogP contribution in [0.25, 0.3) is 11.4 Å². The van der Waals surface area contributed by atoms with E-state index in [9.17, 15) is 4.79 Å². The molecule has 0 saturated carbocycles. The smallest absolute Gasteiger partial charge is 0.255 e. The first kappa shape index (κ1) is 18.7. The second-order valence-electron chi connectivity index (χ2n) is 6.51. The normalized spacial score (nSPS) is 14.2. The van der Waals surface area contributed by atoms with E-state index in [0.717, 1.165) is 11.4 Å². The fraction of sp³-hybridized carbons (Fsp3) is 0.190. The van der Waals surface area contributed by atoms with Gasteiger partial charge < -0.3 is 9.80 Å². The zero-order valence-electron chi connectivity index (χ0n) is 15.1. The van der Waals surface area contributed by atoms with Crippen molar-refractivity contribution in [3.05, 3.63) is 76.4 Å². The highest BCUT2D eigenvalue weighted by atomic mass is 35.5. The number of amides is 1. The molecule has 0 aliphatic carbocycles. The van der Waals surface area contributed by atoms with Gasteiger partial charge in [-0.1, -0.05) is 53.5 Å². The highest BCUT2D eigenvalue weighted by Crippen LogP contribution is 2.24. The van der Waals surface area contributed by atoms with E-state index in [1.807, 2.05) is 41.3 Å². The molecule has 0 unspecified atom stereocenters. The van der Waals surface area contributed by atoms with Crippen molar-refractivity contribution in [2.75, 3.05) is 31.1 Å². The molecule has 1 fully saturated rings. The lowest BCUT2D eigenvalue weighted by Crippen LogP contribution is -2.49. The SMILES string of the molecule is O=C(c1ccc(Cl)cc1Cl)N1CCN(c2ccnc(-c3ccccc3)n2)CC1. The average molecular weight is 413 g/mol. The Labute approximate surface area is 173 Å². The van der Waals surface area contributed by atoms with Gasteiger partial charge in [0.25, 0.3) is 5.91 Å². The van der Waals surface area contributed by atoms with Crippen molar-refractivity contribution < 1.29 is 4.79 Å². The molecular formula is C21H18Cl2N4O. The number of aromatic nitrogens is 2. The summed E-state index contributed by atoms with van der Waals surface area (Å²) in [5.74, 6) is 1.49. The van der Waals surface area contributed by atoms with E-state index >= 15 is 0 Å². The van der Waals surface area contributed by atoms with Crippen LogP contribution in [-0.4, -0.2) is 47.0 Å². The van der Waals surface area contributed by atoms with Crippen LogP contribution in [0.15, 0.2) is 60.8 Å². The van der Waals surface area contributed by atoms with Gasteiger partial charge in [0.1, 0.15) is 5.82 Å². The number of hydrogen-bond donors (Lipinski definition) is 0. The number of carbonyl (C=O) groups excluding carboxylic acids is 1. The Hall–Kier alpha value is -2.63. The number of anilines is 1. The molecule has 7 heteroatoms. The molecule has 0 N–H and O–H groups in total. The number of rotatable bonds is 3. The maximum absolute atomic E-state index is 12.8. The summed E-state index contributed by atoms with van der Waals surface area (Å²) in [5.41, 5.74) is 1.46. The Kier molecular flexibility index (Phi) is 5.46. The summed E-state index contributed by atoms with van der Waals surface area (Å²) >= 11 is 12.1. The van der Waals surface area contributed by atoms with Gasteiger partial charge in [0.2, 0.25) is 0 Å². The fourth-order valence-corrected chi connectivity index (χ4v) is 3.71. The first-order valence-electron chi connectivity index (χ1n) is 8.99. The lowest BCUT2D eigenvalue weighted by molar-refractivity contribution is 0.0746. The molecule has 0 atom stereocenters. The molecule has 1 aliphatic rings. The first-order valence-corrected chi connectivity index (χ1v) is 9.75. The highest BCUT2D eigenvalue weighted by Gasteiger charge is 2.24. The van der Waals surface area contributed by atoms with Gasteiger partial charge in [-0.3, -0.25) is 4.79 Å². The van der Waals surface area contributed by atoms with Crippen molar-refractivity contribution in [2.24, 2.45) is 0 Å². The number of benzene rings is 2. The zero-order valence-corrected chi connectivity index (χ0v) is 16.6. The highest BCUT2D eigenvalue weighted by molar-refractivity contribution is 6.36. The van der Waals surface area contributed by atoms with Gasteiger partial charge in [-0.05, 0) is 24.3 Å². The Balaban J connectivity index is 1.45. The van der Waals surface area contributed by atoms with Gasteiger partial charge in [-0.15, -0.1) is 0 Å². The van der Waals surface area contributed by atoms with Crippen molar-refractivity contribution in [1.29, 1.82) is 0 Å². The van der Waals surface area contributed by atoms with Gasteiger partial charge in [0.05, 0.1) is 10.6 Å². The summed E-state index contributed by atoms with van der Waals surface area (Å²) in [6, 6.07) is 16.8. The van der Waals surface area contributed by atoms with Crippen LogP contribution in [0.1, 0.15) is 10.4 Å². The molecule has 142 valence electrons. The molecule has 5 nitrogen and oxygen atoms in total. The van der Waals surface area contributed by atoms with Crippen LogP contribution >= 0.6 is 23.2 Å². The molecule has 1 saturated heterocycles. The van der Waals surface area contributed by atoms with Gasteiger partial charge in [0.15, 0.2) is 5.82 Å². The molecule has 4 rings (SSSR count). The minimum Gasteiger partial charge on any atom is -0.353 e. The standard InChI is InChI=1S/C21H18Cl2N4O/c22-16-6-7-17(18(23)14-16)21(28)27-12-10-26(11-13-27)19-8-9-24-20(25-19)15-4-2-1-3-5-15/h1-9,14H,10-13H2. The monoisotopic (exact) mass is 412 g/mol. The number of hydrogen-bond acceptors (Lipinski definition) is 4. The summed E-state index contributed by atoms with van der Waals surface area (Å²) < 4.78 is 0. The van der Waals surface area contributed by atoms with E-state index in [0.29, 0.717) is 47.6 Å². The quantitative estimate of drug-likeness (QED) is 0.638. The second-order valence-corrected chi connectivity index (χ2v) is 7.35. The Bertz CT molecular complexity index is 989. The van der Waals surface area contributed by atoms with Crippen molar-refractivity contribution in [1.82, 2.24) is 14.9 Å². The van der Waals surface area contributed by atoms with Gasteiger partial charge in [-0.25, -0.2) is 9.97 Å². The molecule has 1 aliphatic heterocycles. The van der Waals surface area contributed by atoms with E-state index in [4.69, 9.17) is 28.2 Å². The number of piperazine rings is 1. The topological polar surface area (TPSA) is 49.3 Å². The second kappa shape index (κ2) is 8.17. The molecule has 3 aromatic rings. The molecule has 0 spiro atoms. The van der Waals surface area contributed by atoms with Gasteiger partial charge in [-0.2, -0.15) is 0 Å². The molecular weight excluding hydrogens is 395 g/mol. The molecule has 28 heavy (non-hydrogen) atoms. The third-order valence-electron chi connectivity index (χ3n) is 4.73. The minimum atomic E-state index is -0.0750. The van der Waals surface area contributed by atoms with Crippen LogP contribution in [0, 0.1) is 0 Å². The van der Waals surface area contributed by atoms with E-state index < -0.39 is 0 Å². The molecule has 0 bridgehead atoms. The first-order chi connectivity index (χ1) is 13.6. The van der Waals surface area contributed by atoms with Crippen molar-refractivity contribution in [3.8, 4) is 11.4 Å². The van der Waals surface area contributed by atoms with Crippen LogP contribution < -0.4 is 4.90 Å². The summed E-state index contributed by atoms with van der Waals surface area (Å²) in [6.45, 7) is 2.59.